The summed E-state index contributed by atoms with van der Waals surface area (Å²) in [6.45, 7) is 7.44. The predicted octanol–water partition coefficient (Wildman–Crippen LogP) is 5.22. The van der Waals surface area contributed by atoms with E-state index in [2.05, 4.69) is 18.3 Å². The lowest BCUT2D eigenvalue weighted by Gasteiger charge is -2.44. The molecule has 0 aromatic heterocycles. The second kappa shape index (κ2) is 7.87. The molecule has 1 aliphatic heterocycles. The number of methoxy groups -OCH3 is 1. The Bertz CT molecular complexity index is 763. The van der Waals surface area contributed by atoms with Crippen LogP contribution in [0.5, 0.6) is 5.75 Å². The number of fused-ring (bicyclic) bond motifs is 1. The average molecular weight is 376 g/mol. The molecule has 0 aliphatic carbocycles. The van der Waals surface area contributed by atoms with Gasteiger partial charge in [0.15, 0.2) is 0 Å². The van der Waals surface area contributed by atoms with E-state index < -0.39 is 5.60 Å². The first-order valence-corrected chi connectivity index (χ1v) is 9.28. The van der Waals surface area contributed by atoms with Crippen molar-refractivity contribution in [3.05, 3.63) is 58.6 Å². The van der Waals surface area contributed by atoms with Gasteiger partial charge in [-0.25, -0.2) is 0 Å². The maximum atomic E-state index is 6.27. The molecule has 2 unspecified atom stereocenters. The van der Waals surface area contributed by atoms with E-state index in [4.69, 9.17) is 25.8 Å². The topological polar surface area (TPSA) is 39.7 Å². The minimum atomic E-state index is -0.522. The number of hydrogen-bond donors (Lipinski definition) is 1. The Morgan fingerprint density at radius 3 is 2.69 bits per heavy atom. The number of ether oxygens (including phenoxy) is 3. The zero-order valence-corrected chi connectivity index (χ0v) is 16.5. The monoisotopic (exact) mass is 375 g/mol. The number of halogens is 1. The first-order valence-electron chi connectivity index (χ1n) is 8.90. The summed E-state index contributed by atoms with van der Waals surface area (Å²) in [6.07, 6.45) is -0.470. The molecule has 4 nitrogen and oxygen atoms in total. The van der Waals surface area contributed by atoms with Gasteiger partial charge in [0.2, 0.25) is 0 Å². The van der Waals surface area contributed by atoms with E-state index in [1.807, 2.05) is 50.2 Å². The molecule has 1 heterocycles. The highest BCUT2D eigenvalue weighted by molar-refractivity contribution is 6.30. The molecule has 2 atom stereocenters. The Kier molecular flexibility index (Phi) is 5.76. The number of nitrogens with one attached hydrogen (secondary N) is 1. The number of hydrogen-bond acceptors (Lipinski definition) is 4. The van der Waals surface area contributed by atoms with E-state index in [0.717, 1.165) is 29.1 Å². The fourth-order valence-electron chi connectivity index (χ4n) is 3.40. The van der Waals surface area contributed by atoms with Crippen molar-refractivity contribution in [3.8, 4) is 5.75 Å². The van der Waals surface area contributed by atoms with Gasteiger partial charge in [0.25, 0.3) is 0 Å². The van der Waals surface area contributed by atoms with Crippen LogP contribution in [0, 0.1) is 0 Å². The van der Waals surface area contributed by atoms with Gasteiger partial charge in [-0.15, -0.1) is 0 Å². The number of rotatable bonds is 6. The van der Waals surface area contributed by atoms with Crippen LogP contribution in [0.25, 0.3) is 0 Å². The third-order valence-corrected chi connectivity index (χ3v) is 4.84. The fraction of sp³-hybridized carbons (Fsp3) is 0.429. The van der Waals surface area contributed by atoms with Crippen LogP contribution in [-0.2, 0) is 16.1 Å². The van der Waals surface area contributed by atoms with Gasteiger partial charge in [0.05, 0.1) is 6.61 Å². The standard InChI is InChI=1S/C21H26ClNO3/c1-5-23-16-9-10-18-17(12-16)19(24-4)20(21(2,3)26-18)25-13-14-7-6-8-15(22)11-14/h6-12,19-20,23H,5,13H2,1-4H3. The minimum Gasteiger partial charge on any atom is -0.485 e. The van der Waals surface area contributed by atoms with Crippen LogP contribution in [0.1, 0.15) is 38.0 Å². The highest BCUT2D eigenvalue weighted by atomic mass is 35.5. The van der Waals surface area contributed by atoms with Crippen LogP contribution in [-0.4, -0.2) is 25.4 Å². The summed E-state index contributed by atoms with van der Waals surface area (Å²) < 4.78 is 18.4. The van der Waals surface area contributed by atoms with Crippen molar-refractivity contribution >= 4 is 17.3 Å². The Morgan fingerprint density at radius 1 is 1.19 bits per heavy atom. The van der Waals surface area contributed by atoms with Crippen LogP contribution in [0.2, 0.25) is 5.02 Å². The van der Waals surface area contributed by atoms with Crippen LogP contribution < -0.4 is 10.1 Å². The Hall–Kier alpha value is -1.75. The highest BCUT2D eigenvalue weighted by Crippen LogP contribution is 2.44. The van der Waals surface area contributed by atoms with Crippen LogP contribution in [0.3, 0.4) is 0 Å². The van der Waals surface area contributed by atoms with Crippen molar-refractivity contribution in [3.63, 3.8) is 0 Å². The van der Waals surface area contributed by atoms with Crippen LogP contribution in [0.4, 0.5) is 5.69 Å². The van der Waals surface area contributed by atoms with Gasteiger partial charge in [0.1, 0.15) is 23.6 Å². The van der Waals surface area contributed by atoms with Crippen molar-refractivity contribution in [1.82, 2.24) is 0 Å². The summed E-state index contributed by atoms with van der Waals surface area (Å²) in [4.78, 5) is 0. The molecule has 26 heavy (non-hydrogen) atoms. The van der Waals surface area contributed by atoms with Crippen molar-refractivity contribution in [2.24, 2.45) is 0 Å². The quantitative estimate of drug-likeness (QED) is 0.751. The van der Waals surface area contributed by atoms with Crippen LogP contribution >= 0.6 is 11.6 Å². The molecule has 3 rings (SSSR count). The lowest BCUT2D eigenvalue weighted by molar-refractivity contribution is -0.159. The molecule has 140 valence electrons. The number of anilines is 1. The van der Waals surface area contributed by atoms with E-state index in [1.54, 1.807) is 7.11 Å². The molecule has 0 saturated heterocycles. The maximum absolute atomic E-state index is 6.27. The third-order valence-electron chi connectivity index (χ3n) is 4.60. The first kappa shape index (κ1) is 19.0. The van der Waals surface area contributed by atoms with E-state index in [9.17, 15) is 0 Å². The van der Waals surface area contributed by atoms with Gasteiger partial charge >= 0.3 is 0 Å². The second-order valence-corrected chi connectivity index (χ2v) is 7.44. The van der Waals surface area contributed by atoms with E-state index >= 15 is 0 Å². The smallest absolute Gasteiger partial charge is 0.132 e. The summed E-state index contributed by atoms with van der Waals surface area (Å²) in [6, 6.07) is 13.8. The molecule has 1 aliphatic rings. The summed E-state index contributed by atoms with van der Waals surface area (Å²) in [5, 5.41) is 4.04. The van der Waals surface area contributed by atoms with E-state index in [-0.39, 0.29) is 12.2 Å². The van der Waals surface area contributed by atoms with Crippen LogP contribution in [0.15, 0.2) is 42.5 Å². The lowest BCUT2D eigenvalue weighted by Crippen LogP contribution is -2.50. The van der Waals surface area contributed by atoms with Gasteiger partial charge in [-0.3, -0.25) is 0 Å². The summed E-state index contributed by atoms with van der Waals surface area (Å²) in [5.41, 5.74) is 2.55. The Balaban J connectivity index is 1.87. The minimum absolute atomic E-state index is 0.216. The largest absolute Gasteiger partial charge is 0.485 e. The summed E-state index contributed by atoms with van der Waals surface area (Å²) >= 11 is 6.08. The third kappa shape index (κ3) is 3.98. The number of benzene rings is 2. The summed E-state index contributed by atoms with van der Waals surface area (Å²) in [7, 11) is 1.71. The van der Waals surface area contributed by atoms with Crippen molar-refractivity contribution in [2.45, 2.75) is 45.2 Å². The van der Waals surface area contributed by atoms with Gasteiger partial charge in [-0.2, -0.15) is 0 Å². The molecule has 0 bridgehead atoms. The molecule has 0 fully saturated rings. The molecule has 0 radical (unpaired) electrons. The Labute approximate surface area is 160 Å². The van der Waals surface area contributed by atoms with Gasteiger partial charge < -0.3 is 19.5 Å². The second-order valence-electron chi connectivity index (χ2n) is 7.01. The van der Waals surface area contributed by atoms with Gasteiger partial charge in [0, 0.05) is 29.9 Å². The highest BCUT2D eigenvalue weighted by Gasteiger charge is 2.45. The summed E-state index contributed by atoms with van der Waals surface area (Å²) in [5.74, 6) is 0.839. The lowest BCUT2D eigenvalue weighted by atomic mass is 9.88. The zero-order chi connectivity index (χ0) is 18.7. The predicted molar refractivity (Wildman–Crippen MR) is 105 cm³/mol. The molecule has 0 saturated carbocycles. The first-order chi connectivity index (χ1) is 12.4. The van der Waals surface area contributed by atoms with Crippen molar-refractivity contribution < 1.29 is 14.2 Å². The molecular formula is C21H26ClNO3. The normalized spacial score (nSPS) is 21.0. The molecule has 0 spiro atoms. The molecule has 2 aromatic rings. The van der Waals surface area contributed by atoms with Crippen molar-refractivity contribution in [1.29, 1.82) is 0 Å². The zero-order valence-electron chi connectivity index (χ0n) is 15.7. The fourth-order valence-corrected chi connectivity index (χ4v) is 3.61. The molecular weight excluding hydrogens is 350 g/mol. The van der Waals surface area contributed by atoms with Gasteiger partial charge in [-0.05, 0) is 56.7 Å². The SMILES string of the molecule is CCNc1ccc2c(c1)C(OC)C(OCc1cccc(Cl)c1)C(C)(C)O2. The maximum Gasteiger partial charge on any atom is 0.132 e. The molecule has 5 heteroatoms. The van der Waals surface area contributed by atoms with Crippen molar-refractivity contribution in [2.75, 3.05) is 19.0 Å². The molecule has 2 aromatic carbocycles. The Morgan fingerprint density at radius 2 is 2.00 bits per heavy atom. The molecule has 0 amide bonds. The van der Waals surface area contributed by atoms with E-state index in [1.165, 1.54) is 0 Å². The average Bonchev–Trinajstić information content (AvgIpc) is 2.59. The van der Waals surface area contributed by atoms with Gasteiger partial charge in [-0.1, -0.05) is 23.7 Å². The van der Waals surface area contributed by atoms with E-state index in [0.29, 0.717) is 11.6 Å². The molecule has 1 N–H and O–H groups in total.